The summed E-state index contributed by atoms with van der Waals surface area (Å²) in [6.45, 7) is 2.80. The van der Waals surface area contributed by atoms with Gasteiger partial charge in [0, 0.05) is 6.20 Å². The Kier molecular flexibility index (Phi) is 5.78. The van der Waals surface area contributed by atoms with E-state index in [-0.39, 0.29) is 17.9 Å². The lowest BCUT2D eigenvalue weighted by molar-refractivity contribution is -0.274. The molecule has 0 bridgehead atoms. The molecule has 1 aliphatic heterocycles. The van der Waals surface area contributed by atoms with Crippen LogP contribution in [0.25, 0.3) is 0 Å². The summed E-state index contributed by atoms with van der Waals surface area (Å²) < 4.78 is 65.8. The Labute approximate surface area is 180 Å². The molecule has 1 saturated heterocycles. The SMILES string of the molecule is CC1(C)C(=O)N(c2ccc(OC(F)(F)F)cc2)C(=O)N1Cc1ccncc1NS(N)(=O)=O. The highest BCUT2D eigenvalue weighted by Crippen LogP contribution is 2.35. The summed E-state index contributed by atoms with van der Waals surface area (Å²) in [5, 5.41) is 5.01. The zero-order chi connectivity index (χ0) is 23.9. The van der Waals surface area contributed by atoms with Crippen molar-refractivity contribution in [3.05, 3.63) is 48.3 Å². The van der Waals surface area contributed by atoms with Gasteiger partial charge in [0.05, 0.1) is 24.1 Å². The number of nitrogens with one attached hydrogen (secondary N) is 1. The zero-order valence-corrected chi connectivity index (χ0v) is 17.6. The van der Waals surface area contributed by atoms with Crippen molar-refractivity contribution in [2.45, 2.75) is 32.3 Å². The maximum Gasteiger partial charge on any atom is 0.573 e. The number of alkyl halides is 3. The monoisotopic (exact) mass is 473 g/mol. The van der Waals surface area contributed by atoms with Crippen molar-refractivity contribution in [3.8, 4) is 5.75 Å². The smallest absolute Gasteiger partial charge is 0.406 e. The molecule has 3 rings (SSSR count). The van der Waals surface area contributed by atoms with Crippen molar-refractivity contribution in [3.63, 3.8) is 0 Å². The van der Waals surface area contributed by atoms with Gasteiger partial charge in [-0.2, -0.15) is 8.42 Å². The predicted octanol–water partition coefficient (Wildman–Crippen LogP) is 2.34. The van der Waals surface area contributed by atoms with E-state index < -0.39 is 39.8 Å². The van der Waals surface area contributed by atoms with Crippen LogP contribution in [-0.2, 0) is 21.5 Å². The van der Waals surface area contributed by atoms with Gasteiger partial charge < -0.3 is 9.64 Å². The molecule has 3 amide bonds. The Bertz CT molecular complexity index is 1150. The van der Waals surface area contributed by atoms with Crippen LogP contribution in [0, 0.1) is 0 Å². The van der Waals surface area contributed by atoms with Crippen LogP contribution in [0.4, 0.5) is 29.3 Å². The first-order chi connectivity index (χ1) is 14.7. The second kappa shape index (κ2) is 7.94. The number of carbonyl (C=O) groups excluding carboxylic acids is 2. The molecule has 1 aromatic heterocycles. The van der Waals surface area contributed by atoms with E-state index in [2.05, 4.69) is 14.4 Å². The van der Waals surface area contributed by atoms with Gasteiger partial charge in [0.25, 0.3) is 16.1 Å². The Morgan fingerprint density at radius 1 is 1.16 bits per heavy atom. The summed E-state index contributed by atoms with van der Waals surface area (Å²) in [5.41, 5.74) is -0.958. The van der Waals surface area contributed by atoms with Crippen LogP contribution >= 0.6 is 0 Å². The number of rotatable bonds is 6. The standard InChI is InChI=1S/C18H18F3N5O5S/c1-17(2)15(27)26(12-3-5-13(6-4-12)31-18(19,20)21)16(28)25(17)10-11-7-8-23-9-14(11)24-32(22,29)30/h3-9,24H,10H2,1-2H3,(H2,22,29,30). The highest BCUT2D eigenvalue weighted by atomic mass is 32.2. The summed E-state index contributed by atoms with van der Waals surface area (Å²) in [6, 6.07) is 4.97. The van der Waals surface area contributed by atoms with Crippen LogP contribution in [-0.4, -0.2) is 42.1 Å². The van der Waals surface area contributed by atoms with Gasteiger partial charge in [0.2, 0.25) is 0 Å². The van der Waals surface area contributed by atoms with Crippen molar-refractivity contribution >= 4 is 33.5 Å². The Hall–Kier alpha value is -3.39. The number of nitrogens with two attached hydrogens (primary N) is 1. The molecule has 14 heteroatoms. The number of aromatic nitrogens is 1. The summed E-state index contributed by atoms with van der Waals surface area (Å²) in [7, 11) is -4.12. The van der Waals surface area contributed by atoms with Crippen LogP contribution in [0.5, 0.6) is 5.75 Å². The van der Waals surface area contributed by atoms with Gasteiger partial charge >= 0.3 is 12.4 Å². The maximum absolute atomic E-state index is 13.1. The minimum absolute atomic E-state index is 0.0261. The molecule has 2 aromatic rings. The Balaban J connectivity index is 1.90. The molecule has 3 N–H and O–H groups in total. The zero-order valence-electron chi connectivity index (χ0n) is 16.8. The first-order valence-electron chi connectivity index (χ1n) is 8.94. The number of hydrogen-bond acceptors (Lipinski definition) is 6. The lowest BCUT2D eigenvalue weighted by Gasteiger charge is -2.28. The summed E-state index contributed by atoms with van der Waals surface area (Å²) >= 11 is 0. The fourth-order valence-corrected chi connectivity index (χ4v) is 3.59. The molecule has 172 valence electrons. The number of amides is 3. The molecule has 0 saturated carbocycles. The van der Waals surface area contributed by atoms with E-state index in [9.17, 15) is 31.2 Å². The predicted molar refractivity (Wildman–Crippen MR) is 107 cm³/mol. The van der Waals surface area contributed by atoms with Crippen molar-refractivity contribution in [2.75, 3.05) is 9.62 Å². The number of imide groups is 1. The molecule has 10 nitrogen and oxygen atoms in total. The number of anilines is 2. The summed E-state index contributed by atoms with van der Waals surface area (Å²) in [5.74, 6) is -1.13. The third-order valence-corrected chi connectivity index (χ3v) is 5.15. The van der Waals surface area contributed by atoms with E-state index in [1.54, 1.807) is 0 Å². The van der Waals surface area contributed by atoms with Crippen molar-refractivity contribution in [2.24, 2.45) is 5.14 Å². The van der Waals surface area contributed by atoms with Gasteiger partial charge in [0.15, 0.2) is 0 Å². The fourth-order valence-electron chi connectivity index (χ4n) is 3.10. The number of nitrogens with zero attached hydrogens (tertiary/aromatic N) is 3. The molecular weight excluding hydrogens is 455 g/mol. The van der Waals surface area contributed by atoms with Gasteiger partial charge in [-0.25, -0.2) is 14.8 Å². The number of hydrogen-bond donors (Lipinski definition) is 2. The number of carbonyl (C=O) groups is 2. The van der Waals surface area contributed by atoms with E-state index >= 15 is 0 Å². The van der Waals surface area contributed by atoms with Crippen molar-refractivity contribution in [1.82, 2.24) is 9.88 Å². The molecule has 1 aromatic carbocycles. The molecule has 1 aliphatic rings. The van der Waals surface area contributed by atoms with Crippen LogP contribution < -0.4 is 19.5 Å². The Morgan fingerprint density at radius 3 is 2.34 bits per heavy atom. The normalized spacial score (nSPS) is 16.4. The van der Waals surface area contributed by atoms with Crippen LogP contribution in [0.15, 0.2) is 42.7 Å². The van der Waals surface area contributed by atoms with Gasteiger partial charge in [-0.15, -0.1) is 13.2 Å². The first-order valence-corrected chi connectivity index (χ1v) is 10.5. The molecule has 32 heavy (non-hydrogen) atoms. The third-order valence-electron chi connectivity index (χ3n) is 4.64. The molecular formula is C18H18F3N5O5S. The molecule has 1 fully saturated rings. The lowest BCUT2D eigenvalue weighted by atomic mass is 10.0. The first kappa shape index (κ1) is 23.3. The quantitative estimate of drug-likeness (QED) is 0.619. The molecule has 2 heterocycles. The molecule has 0 unspecified atom stereocenters. The van der Waals surface area contributed by atoms with E-state index in [1.165, 1.54) is 37.2 Å². The van der Waals surface area contributed by atoms with Crippen LogP contribution in [0.2, 0.25) is 0 Å². The van der Waals surface area contributed by atoms with Crippen LogP contribution in [0.1, 0.15) is 19.4 Å². The minimum atomic E-state index is -4.88. The average Bonchev–Trinajstić information content (AvgIpc) is 2.81. The van der Waals surface area contributed by atoms with Crippen molar-refractivity contribution in [1.29, 1.82) is 0 Å². The van der Waals surface area contributed by atoms with E-state index in [4.69, 9.17) is 5.14 Å². The highest BCUT2D eigenvalue weighted by Gasteiger charge is 2.52. The number of halogens is 3. The minimum Gasteiger partial charge on any atom is -0.406 e. The second-order valence-electron chi connectivity index (χ2n) is 7.29. The molecule has 0 radical (unpaired) electrons. The topological polar surface area (TPSA) is 135 Å². The van der Waals surface area contributed by atoms with Crippen molar-refractivity contribution < 1.29 is 35.9 Å². The summed E-state index contributed by atoms with van der Waals surface area (Å²) in [4.78, 5) is 31.9. The molecule has 0 aliphatic carbocycles. The molecule has 0 spiro atoms. The van der Waals surface area contributed by atoms with Crippen LogP contribution in [0.3, 0.4) is 0 Å². The van der Waals surface area contributed by atoms with Gasteiger partial charge in [-0.1, -0.05) is 0 Å². The van der Waals surface area contributed by atoms with E-state index in [0.717, 1.165) is 29.2 Å². The van der Waals surface area contributed by atoms with E-state index in [1.807, 2.05) is 0 Å². The fraction of sp³-hybridized carbons (Fsp3) is 0.278. The number of pyridine rings is 1. The summed E-state index contributed by atoms with van der Waals surface area (Å²) in [6.07, 6.45) is -2.31. The van der Waals surface area contributed by atoms with Gasteiger partial charge in [-0.05, 0) is 49.7 Å². The molecule has 0 atom stereocenters. The Morgan fingerprint density at radius 2 is 1.78 bits per heavy atom. The lowest BCUT2D eigenvalue weighted by Crippen LogP contribution is -2.43. The van der Waals surface area contributed by atoms with Gasteiger partial charge in [0.1, 0.15) is 11.3 Å². The number of urea groups is 1. The highest BCUT2D eigenvalue weighted by molar-refractivity contribution is 7.90. The maximum atomic E-state index is 13.1. The third kappa shape index (κ3) is 4.91. The van der Waals surface area contributed by atoms with E-state index in [0.29, 0.717) is 5.56 Å². The average molecular weight is 473 g/mol. The number of ether oxygens (including phenoxy) is 1. The second-order valence-corrected chi connectivity index (χ2v) is 8.58. The number of benzene rings is 1. The van der Waals surface area contributed by atoms with Gasteiger partial charge in [-0.3, -0.25) is 14.5 Å². The largest absolute Gasteiger partial charge is 0.573 e.